The van der Waals surface area contributed by atoms with Crippen molar-refractivity contribution in [1.82, 2.24) is 5.06 Å². The van der Waals surface area contributed by atoms with E-state index in [0.29, 0.717) is 0 Å². The Bertz CT molecular complexity index is 139. The van der Waals surface area contributed by atoms with E-state index in [-0.39, 0.29) is 28.5 Å². The van der Waals surface area contributed by atoms with Crippen LogP contribution < -0.4 is 0 Å². The van der Waals surface area contributed by atoms with Gasteiger partial charge in [-0.3, -0.25) is 4.79 Å². The van der Waals surface area contributed by atoms with Crippen LogP contribution in [0, 0.1) is 5.21 Å². The van der Waals surface area contributed by atoms with Crippen molar-refractivity contribution in [2.24, 2.45) is 0 Å². The maximum Gasteiger partial charge on any atom is 0.162 e. The minimum Gasteiger partial charge on any atom is -0.785 e. The highest BCUT2D eigenvalue weighted by molar-refractivity contribution is 9.10. The van der Waals surface area contributed by atoms with Gasteiger partial charge in [0.25, 0.3) is 0 Å². The maximum atomic E-state index is 11.0. The summed E-state index contributed by atoms with van der Waals surface area (Å²) in [6.45, 7) is 0.530. The molecule has 0 amide bonds. The Labute approximate surface area is 75.6 Å². The summed E-state index contributed by atoms with van der Waals surface area (Å²) in [5.74, 6) is 0.0621. The van der Waals surface area contributed by atoms with Gasteiger partial charge in [0, 0.05) is 13.1 Å². The molecule has 10 heavy (non-hydrogen) atoms. The first kappa shape index (κ1) is 8.64. The highest BCUT2D eigenvalue weighted by atomic mass is 79.9. The molecule has 3 nitrogen and oxygen atoms in total. The van der Waals surface area contributed by atoms with Crippen LogP contribution in [0.15, 0.2) is 0 Å². The lowest BCUT2D eigenvalue weighted by molar-refractivity contribution is -0.119. The van der Waals surface area contributed by atoms with Gasteiger partial charge < -0.3 is 10.3 Å². The van der Waals surface area contributed by atoms with Gasteiger partial charge in [-0.1, -0.05) is 31.9 Å². The third-order valence-electron chi connectivity index (χ3n) is 1.35. The molecule has 1 heterocycles. The van der Waals surface area contributed by atoms with E-state index >= 15 is 0 Å². The van der Waals surface area contributed by atoms with Crippen molar-refractivity contribution in [3.8, 4) is 0 Å². The average Bonchev–Trinajstić information content (AvgIpc) is 1.82. The summed E-state index contributed by atoms with van der Waals surface area (Å²) in [6.07, 6.45) is 0. The van der Waals surface area contributed by atoms with E-state index in [1.54, 1.807) is 0 Å². The Morgan fingerprint density at radius 2 is 1.80 bits per heavy atom. The number of carbonyl (C=O) groups excluding carboxylic acids is 1. The first-order chi connectivity index (χ1) is 4.61. The number of piperidine rings is 1. The van der Waals surface area contributed by atoms with E-state index < -0.39 is 0 Å². The molecule has 1 aliphatic heterocycles. The smallest absolute Gasteiger partial charge is 0.162 e. The molecule has 0 aliphatic carbocycles. The fourth-order valence-corrected chi connectivity index (χ4v) is 2.45. The normalized spacial score (nSPS) is 36.5. The van der Waals surface area contributed by atoms with E-state index in [9.17, 15) is 10.0 Å². The molecule has 0 saturated carbocycles. The van der Waals surface area contributed by atoms with Crippen LogP contribution >= 0.6 is 31.9 Å². The lowest BCUT2D eigenvalue weighted by Gasteiger charge is -2.36. The molecule has 0 N–H and O–H groups in total. The largest absolute Gasteiger partial charge is 0.785 e. The number of carbonyl (C=O) groups is 1. The van der Waals surface area contributed by atoms with Gasteiger partial charge in [0.05, 0.1) is 9.65 Å². The fraction of sp³-hybridized carbons (Fsp3) is 0.800. The number of ketones is 1. The summed E-state index contributed by atoms with van der Waals surface area (Å²) in [5, 5.41) is 11.6. The van der Waals surface area contributed by atoms with Crippen LogP contribution in [0.25, 0.3) is 0 Å². The Morgan fingerprint density at radius 3 is 2.20 bits per heavy atom. The molecule has 1 aliphatic rings. The molecule has 1 saturated heterocycles. The minimum absolute atomic E-state index is 0.0621. The molecule has 2 atom stereocenters. The number of nitrogens with zero attached hydrogens (tertiary/aromatic N) is 1. The molecule has 0 aromatic rings. The number of hydroxylamine groups is 2. The van der Waals surface area contributed by atoms with Crippen molar-refractivity contribution in [2.45, 2.75) is 9.65 Å². The van der Waals surface area contributed by atoms with Crippen molar-refractivity contribution in [2.75, 3.05) is 13.1 Å². The minimum atomic E-state index is -0.303. The molecule has 1 rings (SSSR count). The van der Waals surface area contributed by atoms with Crippen LogP contribution in [0.1, 0.15) is 0 Å². The highest BCUT2D eigenvalue weighted by Gasteiger charge is 2.27. The van der Waals surface area contributed by atoms with Gasteiger partial charge in [0.15, 0.2) is 5.78 Å². The molecule has 0 radical (unpaired) electrons. The molecule has 0 aromatic carbocycles. The van der Waals surface area contributed by atoms with Crippen molar-refractivity contribution in [3.63, 3.8) is 0 Å². The van der Waals surface area contributed by atoms with Gasteiger partial charge in [-0.2, -0.15) is 0 Å². The zero-order valence-electron chi connectivity index (χ0n) is 5.09. The topological polar surface area (TPSA) is 43.4 Å². The zero-order chi connectivity index (χ0) is 7.72. The van der Waals surface area contributed by atoms with E-state index in [4.69, 9.17) is 0 Å². The highest BCUT2D eigenvalue weighted by Crippen LogP contribution is 2.18. The summed E-state index contributed by atoms with van der Waals surface area (Å²) in [4.78, 5) is 10.4. The van der Waals surface area contributed by atoms with E-state index in [1.165, 1.54) is 0 Å². The molecule has 0 bridgehead atoms. The number of Topliss-reactive ketones (excluding diaryl/α,β-unsaturated/α-hetero) is 1. The summed E-state index contributed by atoms with van der Waals surface area (Å²) >= 11 is 6.23. The van der Waals surface area contributed by atoms with E-state index in [0.717, 1.165) is 5.06 Å². The standard InChI is InChI=1S/C5H6Br2NO2/c6-3-1-8(10)2-4(7)5(3)9/h3-4H,1-2H2/q-1. The van der Waals surface area contributed by atoms with Gasteiger partial charge >= 0.3 is 0 Å². The average molecular weight is 272 g/mol. The molecule has 58 valence electrons. The summed E-state index contributed by atoms with van der Waals surface area (Å²) in [5.41, 5.74) is 0. The van der Waals surface area contributed by atoms with Crippen LogP contribution in [0.2, 0.25) is 0 Å². The molecule has 0 spiro atoms. The molecular formula is C5H6Br2NO2-. The predicted octanol–water partition coefficient (Wildman–Crippen LogP) is 0.896. The lowest BCUT2D eigenvalue weighted by atomic mass is 10.1. The Kier molecular flexibility index (Phi) is 2.85. The second-order valence-electron chi connectivity index (χ2n) is 2.18. The second-order valence-corrected chi connectivity index (χ2v) is 4.40. The molecule has 2 unspecified atom stereocenters. The van der Waals surface area contributed by atoms with Crippen molar-refractivity contribution in [1.29, 1.82) is 0 Å². The Morgan fingerprint density at radius 1 is 1.40 bits per heavy atom. The quantitative estimate of drug-likeness (QED) is 0.615. The van der Waals surface area contributed by atoms with Gasteiger partial charge in [-0.25, -0.2) is 0 Å². The number of halogens is 2. The SMILES string of the molecule is O=C1C(Br)CN([O-])CC1Br. The van der Waals surface area contributed by atoms with Crippen LogP contribution in [-0.2, 0) is 4.79 Å². The fourth-order valence-electron chi connectivity index (χ4n) is 0.808. The lowest BCUT2D eigenvalue weighted by Crippen LogP contribution is -2.45. The first-order valence-electron chi connectivity index (χ1n) is 2.85. The number of alkyl halides is 2. The summed E-state index contributed by atoms with van der Waals surface area (Å²) < 4.78 is 0. The van der Waals surface area contributed by atoms with Crippen molar-refractivity contribution in [3.05, 3.63) is 5.21 Å². The number of hydrogen-bond acceptors (Lipinski definition) is 3. The van der Waals surface area contributed by atoms with Crippen molar-refractivity contribution >= 4 is 37.6 Å². The van der Waals surface area contributed by atoms with E-state index in [2.05, 4.69) is 31.9 Å². The van der Waals surface area contributed by atoms with Gasteiger partial charge in [-0.15, -0.1) is 0 Å². The summed E-state index contributed by atoms with van der Waals surface area (Å²) in [6, 6.07) is 0. The zero-order valence-corrected chi connectivity index (χ0v) is 8.26. The molecule has 0 aromatic heterocycles. The Balaban J connectivity index is 2.57. The first-order valence-corrected chi connectivity index (χ1v) is 4.68. The Hall–Kier alpha value is 0.550. The number of rotatable bonds is 0. The van der Waals surface area contributed by atoms with Crippen LogP contribution in [0.4, 0.5) is 0 Å². The van der Waals surface area contributed by atoms with Crippen LogP contribution in [0.5, 0.6) is 0 Å². The third kappa shape index (κ3) is 1.78. The van der Waals surface area contributed by atoms with Gasteiger partial charge in [0.1, 0.15) is 0 Å². The molecule has 1 fully saturated rings. The van der Waals surface area contributed by atoms with E-state index in [1.807, 2.05) is 0 Å². The van der Waals surface area contributed by atoms with Crippen molar-refractivity contribution < 1.29 is 4.79 Å². The molecule has 5 heteroatoms. The van der Waals surface area contributed by atoms with Gasteiger partial charge in [0.2, 0.25) is 0 Å². The van der Waals surface area contributed by atoms with Crippen LogP contribution in [0.3, 0.4) is 0 Å². The van der Waals surface area contributed by atoms with Gasteiger partial charge in [-0.05, 0) is 0 Å². The number of hydrogen-bond donors (Lipinski definition) is 0. The third-order valence-corrected chi connectivity index (χ3v) is 2.83. The summed E-state index contributed by atoms with van der Waals surface area (Å²) in [7, 11) is 0. The maximum absolute atomic E-state index is 11.0. The monoisotopic (exact) mass is 270 g/mol. The predicted molar refractivity (Wildman–Crippen MR) is 45.4 cm³/mol. The second kappa shape index (κ2) is 3.30. The van der Waals surface area contributed by atoms with Crippen LogP contribution in [-0.4, -0.2) is 33.6 Å². The molecular weight excluding hydrogens is 266 g/mol.